The zero-order valence-corrected chi connectivity index (χ0v) is 18.3. The van der Waals surface area contributed by atoms with Gasteiger partial charge in [-0.15, -0.1) is 0 Å². The van der Waals surface area contributed by atoms with Gasteiger partial charge < -0.3 is 15.0 Å². The molecule has 0 spiro atoms. The Bertz CT molecular complexity index is 1010. The number of ether oxygens (including phenoxy) is 1. The summed E-state index contributed by atoms with van der Waals surface area (Å²) < 4.78 is 5.21. The highest BCUT2D eigenvalue weighted by Crippen LogP contribution is 2.29. The number of methoxy groups -OCH3 is 1. The van der Waals surface area contributed by atoms with Crippen LogP contribution in [-0.2, 0) is 4.79 Å². The molecule has 1 heterocycles. The monoisotopic (exact) mass is 435 g/mol. The van der Waals surface area contributed by atoms with E-state index < -0.39 is 0 Å². The highest BCUT2D eigenvalue weighted by molar-refractivity contribution is 6.32. The van der Waals surface area contributed by atoms with Crippen LogP contribution in [0.4, 0.5) is 11.4 Å². The summed E-state index contributed by atoms with van der Waals surface area (Å²) in [6, 6.07) is 25.2. The van der Waals surface area contributed by atoms with Crippen molar-refractivity contribution in [3.63, 3.8) is 0 Å². The molecule has 1 aliphatic heterocycles. The molecular weight excluding hydrogens is 410 g/mol. The Morgan fingerprint density at radius 2 is 1.58 bits per heavy atom. The highest BCUT2D eigenvalue weighted by Gasteiger charge is 2.30. The van der Waals surface area contributed by atoms with Crippen molar-refractivity contribution in [1.82, 2.24) is 4.90 Å². The number of piperazine rings is 1. The molecule has 31 heavy (non-hydrogen) atoms. The van der Waals surface area contributed by atoms with Gasteiger partial charge in [0.25, 0.3) is 0 Å². The van der Waals surface area contributed by atoms with Gasteiger partial charge in [-0.3, -0.25) is 9.69 Å². The molecule has 5 nitrogen and oxygen atoms in total. The van der Waals surface area contributed by atoms with Crippen LogP contribution in [0.15, 0.2) is 78.9 Å². The molecule has 1 amide bonds. The summed E-state index contributed by atoms with van der Waals surface area (Å²) in [6.45, 7) is 3.33. The smallest absolute Gasteiger partial charge is 0.246 e. The Balaban J connectivity index is 1.51. The minimum absolute atomic E-state index is 0.0689. The molecule has 0 aliphatic carbocycles. The first kappa shape index (κ1) is 21.2. The van der Waals surface area contributed by atoms with Crippen LogP contribution in [0.5, 0.6) is 5.75 Å². The summed E-state index contributed by atoms with van der Waals surface area (Å²) in [5.74, 6) is 0.511. The fraction of sp³-hybridized carbons (Fsp3) is 0.240. The maximum Gasteiger partial charge on any atom is 0.246 e. The van der Waals surface area contributed by atoms with Gasteiger partial charge in [0.1, 0.15) is 11.8 Å². The molecule has 1 N–H and O–H groups in total. The van der Waals surface area contributed by atoms with Crippen LogP contribution in [-0.4, -0.2) is 44.1 Å². The van der Waals surface area contributed by atoms with Gasteiger partial charge in [-0.2, -0.15) is 0 Å². The molecule has 0 radical (unpaired) electrons. The molecule has 1 aliphatic rings. The number of halogens is 1. The van der Waals surface area contributed by atoms with E-state index in [1.807, 2.05) is 36.4 Å². The molecule has 0 saturated carbocycles. The lowest BCUT2D eigenvalue weighted by Gasteiger charge is -2.39. The van der Waals surface area contributed by atoms with Crippen LogP contribution in [0.1, 0.15) is 11.6 Å². The molecule has 1 saturated heterocycles. The molecule has 3 aromatic carbocycles. The second kappa shape index (κ2) is 9.86. The third kappa shape index (κ3) is 5.01. The number of hydrogen-bond acceptors (Lipinski definition) is 4. The largest absolute Gasteiger partial charge is 0.495 e. The first-order chi connectivity index (χ1) is 15.2. The maximum absolute atomic E-state index is 13.4. The van der Waals surface area contributed by atoms with Crippen LogP contribution < -0.4 is 15.0 Å². The van der Waals surface area contributed by atoms with E-state index in [0.29, 0.717) is 16.5 Å². The minimum Gasteiger partial charge on any atom is -0.495 e. The van der Waals surface area contributed by atoms with E-state index in [4.69, 9.17) is 16.3 Å². The van der Waals surface area contributed by atoms with Gasteiger partial charge in [-0.25, -0.2) is 0 Å². The van der Waals surface area contributed by atoms with Crippen LogP contribution in [0.25, 0.3) is 0 Å². The van der Waals surface area contributed by atoms with Crippen LogP contribution in [0.2, 0.25) is 5.02 Å². The standard InChI is InChI=1S/C25H26ClN3O2/c1-31-23-13-12-20(18-22(23)26)27-25(30)24(19-8-4-2-5-9-19)29-16-14-28(15-17-29)21-10-6-3-7-11-21/h2-13,18,24H,14-17H2,1H3,(H,27,30)/t24-/m0/s1. The summed E-state index contributed by atoms with van der Waals surface area (Å²) in [4.78, 5) is 18.0. The molecular formula is C25H26ClN3O2. The zero-order chi connectivity index (χ0) is 21.6. The fourth-order valence-corrected chi connectivity index (χ4v) is 4.25. The van der Waals surface area contributed by atoms with E-state index in [1.165, 1.54) is 5.69 Å². The van der Waals surface area contributed by atoms with Gasteiger partial charge in [0, 0.05) is 37.6 Å². The quantitative estimate of drug-likeness (QED) is 0.601. The number of para-hydroxylation sites is 1. The topological polar surface area (TPSA) is 44.8 Å². The third-order valence-corrected chi connectivity index (χ3v) is 5.88. The maximum atomic E-state index is 13.4. The highest BCUT2D eigenvalue weighted by atomic mass is 35.5. The van der Waals surface area contributed by atoms with E-state index in [-0.39, 0.29) is 11.9 Å². The van der Waals surface area contributed by atoms with Gasteiger partial charge in [0.15, 0.2) is 0 Å². The number of carbonyl (C=O) groups is 1. The van der Waals surface area contributed by atoms with Gasteiger partial charge >= 0.3 is 0 Å². The summed E-state index contributed by atoms with van der Waals surface area (Å²) in [5.41, 5.74) is 2.85. The zero-order valence-electron chi connectivity index (χ0n) is 17.5. The molecule has 0 bridgehead atoms. The average Bonchev–Trinajstić information content (AvgIpc) is 2.81. The number of benzene rings is 3. The molecule has 3 aromatic rings. The van der Waals surface area contributed by atoms with Crippen molar-refractivity contribution in [2.45, 2.75) is 6.04 Å². The number of nitrogens with zero attached hydrogens (tertiary/aromatic N) is 2. The van der Waals surface area contributed by atoms with Crippen molar-refractivity contribution in [3.8, 4) is 5.75 Å². The first-order valence-electron chi connectivity index (χ1n) is 10.4. The van der Waals surface area contributed by atoms with E-state index in [9.17, 15) is 4.79 Å². The number of hydrogen-bond donors (Lipinski definition) is 1. The second-order valence-electron chi connectivity index (χ2n) is 7.51. The van der Waals surface area contributed by atoms with E-state index in [1.54, 1.807) is 25.3 Å². The summed E-state index contributed by atoms with van der Waals surface area (Å²) in [7, 11) is 1.57. The van der Waals surface area contributed by atoms with E-state index in [0.717, 1.165) is 31.7 Å². The molecule has 1 atom stereocenters. The van der Waals surface area contributed by atoms with Gasteiger partial charge in [0.05, 0.1) is 12.1 Å². The lowest BCUT2D eigenvalue weighted by Crippen LogP contribution is -2.50. The van der Waals surface area contributed by atoms with Crippen molar-refractivity contribution < 1.29 is 9.53 Å². The number of carbonyl (C=O) groups excluding carboxylic acids is 1. The Morgan fingerprint density at radius 3 is 2.19 bits per heavy atom. The predicted molar refractivity (Wildman–Crippen MR) is 126 cm³/mol. The Kier molecular flexibility index (Phi) is 6.75. The number of amides is 1. The summed E-state index contributed by atoms with van der Waals surface area (Å²) >= 11 is 6.24. The Labute approximate surface area is 188 Å². The number of rotatable bonds is 6. The summed E-state index contributed by atoms with van der Waals surface area (Å²) in [6.07, 6.45) is 0. The average molecular weight is 436 g/mol. The third-order valence-electron chi connectivity index (χ3n) is 5.58. The number of nitrogens with one attached hydrogen (secondary N) is 1. The lowest BCUT2D eigenvalue weighted by atomic mass is 10.0. The summed E-state index contributed by atoms with van der Waals surface area (Å²) in [5, 5.41) is 3.50. The molecule has 4 rings (SSSR count). The molecule has 1 fully saturated rings. The molecule has 160 valence electrons. The Morgan fingerprint density at radius 1 is 0.935 bits per heavy atom. The van der Waals surface area contributed by atoms with Gasteiger partial charge in [-0.1, -0.05) is 60.1 Å². The number of anilines is 2. The normalized spacial score (nSPS) is 15.4. The van der Waals surface area contributed by atoms with E-state index in [2.05, 4.69) is 39.4 Å². The first-order valence-corrected chi connectivity index (χ1v) is 10.8. The van der Waals surface area contributed by atoms with Crippen molar-refractivity contribution in [2.24, 2.45) is 0 Å². The van der Waals surface area contributed by atoms with Gasteiger partial charge in [-0.05, 0) is 35.9 Å². The van der Waals surface area contributed by atoms with Crippen LogP contribution in [0.3, 0.4) is 0 Å². The van der Waals surface area contributed by atoms with Crippen LogP contribution >= 0.6 is 11.6 Å². The van der Waals surface area contributed by atoms with Crippen molar-refractivity contribution >= 4 is 28.9 Å². The minimum atomic E-state index is -0.375. The van der Waals surface area contributed by atoms with Crippen LogP contribution in [0, 0.1) is 0 Å². The fourth-order valence-electron chi connectivity index (χ4n) is 4.00. The second-order valence-corrected chi connectivity index (χ2v) is 7.92. The predicted octanol–water partition coefficient (Wildman–Crippen LogP) is 4.85. The molecule has 6 heteroatoms. The van der Waals surface area contributed by atoms with Gasteiger partial charge in [0.2, 0.25) is 5.91 Å². The SMILES string of the molecule is COc1ccc(NC(=O)[C@H](c2ccccc2)N2CCN(c3ccccc3)CC2)cc1Cl. The Hall–Kier alpha value is -3.02. The van der Waals surface area contributed by atoms with Crippen molar-refractivity contribution in [1.29, 1.82) is 0 Å². The lowest BCUT2D eigenvalue weighted by molar-refractivity contribution is -0.121. The van der Waals surface area contributed by atoms with Crippen molar-refractivity contribution in [3.05, 3.63) is 89.4 Å². The molecule has 0 unspecified atom stereocenters. The van der Waals surface area contributed by atoms with Crippen molar-refractivity contribution in [2.75, 3.05) is 43.5 Å². The molecule has 0 aromatic heterocycles. The van der Waals surface area contributed by atoms with E-state index >= 15 is 0 Å².